The molecule has 0 aliphatic carbocycles. The van der Waals surface area contributed by atoms with Crippen LogP contribution in [0.3, 0.4) is 0 Å². The minimum absolute atomic E-state index is 0.0895. The first kappa shape index (κ1) is 31.0. The molecule has 0 bridgehead atoms. The fourth-order valence-corrected chi connectivity index (χ4v) is 4.54. The highest BCUT2D eigenvalue weighted by molar-refractivity contribution is 6.00. The maximum absolute atomic E-state index is 13.0. The highest BCUT2D eigenvalue weighted by Gasteiger charge is 2.22. The average Bonchev–Trinajstić information content (AvgIpc) is 2.98. The molecule has 222 valence electrons. The first-order valence-corrected chi connectivity index (χ1v) is 14.3. The Morgan fingerprint density at radius 1 is 0.930 bits per heavy atom. The van der Waals surface area contributed by atoms with Crippen LogP contribution in [0.5, 0.6) is 0 Å². The van der Waals surface area contributed by atoms with Gasteiger partial charge in [0.1, 0.15) is 0 Å². The third-order valence-corrected chi connectivity index (χ3v) is 7.09. The Morgan fingerprint density at radius 2 is 1.56 bits per heavy atom. The quantitative estimate of drug-likeness (QED) is 0.176. The lowest BCUT2D eigenvalue weighted by atomic mass is 9.86. The summed E-state index contributed by atoms with van der Waals surface area (Å²) < 4.78 is 1.50. The Labute approximate surface area is 252 Å². The van der Waals surface area contributed by atoms with Crippen molar-refractivity contribution in [1.82, 2.24) is 14.9 Å². The van der Waals surface area contributed by atoms with E-state index in [2.05, 4.69) is 27.5 Å². The maximum Gasteiger partial charge on any atom is 0.293 e. The molecule has 0 radical (unpaired) electrons. The Kier molecular flexibility index (Phi) is 9.29. The van der Waals surface area contributed by atoms with Crippen molar-refractivity contribution in [3.63, 3.8) is 0 Å². The standard InChI is InChI=1S/C35H39N5O3/c1-8-20-36-33(42)26-16-18-27(19-17-26)38-32-34(43)40(7)21-30(39-32)28-10-9-11-29(22(28)2)37-23(3)24-12-14-25(15-13-24)31(41)35(4,5)6/h9-19,21,37H,3,8,20H2,1-2,4-7H3,(H,36,42)(H,38,39). The number of aryl methyl sites for hydroxylation is 1. The molecule has 0 saturated carbocycles. The van der Waals surface area contributed by atoms with Crippen molar-refractivity contribution in [2.45, 2.75) is 41.0 Å². The van der Waals surface area contributed by atoms with E-state index in [0.717, 1.165) is 28.8 Å². The van der Waals surface area contributed by atoms with E-state index in [4.69, 9.17) is 0 Å². The zero-order valence-electron chi connectivity index (χ0n) is 25.7. The summed E-state index contributed by atoms with van der Waals surface area (Å²) in [4.78, 5) is 42.5. The van der Waals surface area contributed by atoms with Crippen LogP contribution in [0.15, 0.2) is 84.3 Å². The number of Topliss-reactive ketones (excluding diaryl/α,β-unsaturated/α-hetero) is 1. The predicted molar refractivity (Wildman–Crippen MR) is 175 cm³/mol. The van der Waals surface area contributed by atoms with Crippen LogP contribution >= 0.6 is 0 Å². The van der Waals surface area contributed by atoms with E-state index in [1.807, 2.05) is 77.1 Å². The molecule has 0 aliphatic heterocycles. The van der Waals surface area contributed by atoms with Crippen LogP contribution in [-0.2, 0) is 7.05 Å². The number of hydrogen-bond acceptors (Lipinski definition) is 6. The van der Waals surface area contributed by atoms with Gasteiger partial charge in [0.25, 0.3) is 11.5 Å². The second-order valence-corrected chi connectivity index (χ2v) is 11.6. The number of carbonyl (C=O) groups excluding carboxylic acids is 2. The van der Waals surface area contributed by atoms with Gasteiger partial charge in [-0.25, -0.2) is 4.98 Å². The van der Waals surface area contributed by atoms with Crippen LogP contribution in [-0.4, -0.2) is 27.8 Å². The lowest BCUT2D eigenvalue weighted by Crippen LogP contribution is -2.24. The van der Waals surface area contributed by atoms with Gasteiger partial charge in [-0.1, -0.05) is 70.7 Å². The van der Waals surface area contributed by atoms with Gasteiger partial charge in [0.2, 0.25) is 0 Å². The van der Waals surface area contributed by atoms with Crippen molar-refractivity contribution in [1.29, 1.82) is 0 Å². The second kappa shape index (κ2) is 12.9. The van der Waals surface area contributed by atoms with Gasteiger partial charge in [0, 0.05) is 59.0 Å². The molecule has 43 heavy (non-hydrogen) atoms. The molecule has 0 fully saturated rings. The molecule has 0 spiro atoms. The van der Waals surface area contributed by atoms with E-state index >= 15 is 0 Å². The summed E-state index contributed by atoms with van der Waals surface area (Å²) in [5, 5.41) is 9.36. The highest BCUT2D eigenvalue weighted by Crippen LogP contribution is 2.30. The minimum atomic E-state index is -0.449. The third-order valence-electron chi connectivity index (χ3n) is 7.09. The number of anilines is 3. The van der Waals surface area contributed by atoms with Gasteiger partial charge in [-0.15, -0.1) is 0 Å². The van der Waals surface area contributed by atoms with Crippen molar-refractivity contribution in [2.75, 3.05) is 17.2 Å². The van der Waals surface area contributed by atoms with Crippen LogP contribution < -0.4 is 21.5 Å². The number of nitrogens with zero attached hydrogens (tertiary/aromatic N) is 2. The molecule has 1 aromatic heterocycles. The number of nitrogens with one attached hydrogen (secondary N) is 3. The van der Waals surface area contributed by atoms with Crippen molar-refractivity contribution in [3.8, 4) is 11.3 Å². The molecule has 1 amide bonds. The molecule has 0 atom stereocenters. The van der Waals surface area contributed by atoms with Crippen molar-refractivity contribution in [2.24, 2.45) is 12.5 Å². The maximum atomic E-state index is 13.0. The summed E-state index contributed by atoms with van der Waals surface area (Å²) in [6, 6.07) is 20.2. The lowest BCUT2D eigenvalue weighted by molar-refractivity contribution is 0.0858. The Balaban J connectivity index is 1.56. The summed E-state index contributed by atoms with van der Waals surface area (Å²) in [7, 11) is 1.69. The van der Waals surface area contributed by atoms with Gasteiger partial charge in [-0.3, -0.25) is 14.4 Å². The average molecular weight is 578 g/mol. The summed E-state index contributed by atoms with van der Waals surface area (Å²) in [6.45, 7) is 14.5. The van der Waals surface area contributed by atoms with Gasteiger partial charge in [0.05, 0.1) is 5.69 Å². The molecule has 3 aromatic carbocycles. The molecule has 4 aromatic rings. The number of benzene rings is 3. The molecule has 4 rings (SSSR count). The lowest BCUT2D eigenvalue weighted by Gasteiger charge is -2.18. The normalized spacial score (nSPS) is 11.1. The summed E-state index contributed by atoms with van der Waals surface area (Å²) >= 11 is 0. The van der Waals surface area contributed by atoms with Gasteiger partial charge >= 0.3 is 0 Å². The first-order valence-electron chi connectivity index (χ1n) is 14.3. The predicted octanol–water partition coefficient (Wildman–Crippen LogP) is 6.95. The number of ketones is 1. The Bertz CT molecular complexity index is 1710. The van der Waals surface area contributed by atoms with Crippen LogP contribution in [0.2, 0.25) is 0 Å². The van der Waals surface area contributed by atoms with E-state index in [1.165, 1.54) is 4.57 Å². The Morgan fingerprint density at radius 3 is 2.19 bits per heavy atom. The number of carbonyl (C=O) groups is 2. The summed E-state index contributed by atoms with van der Waals surface area (Å²) in [5.74, 6) is 0.130. The highest BCUT2D eigenvalue weighted by atomic mass is 16.2. The van der Waals surface area contributed by atoms with E-state index in [0.29, 0.717) is 34.8 Å². The monoisotopic (exact) mass is 577 g/mol. The Hall–Kier alpha value is -4.98. The van der Waals surface area contributed by atoms with Crippen molar-refractivity contribution >= 4 is 34.6 Å². The summed E-state index contributed by atoms with van der Waals surface area (Å²) in [6.07, 6.45) is 2.57. The van der Waals surface area contributed by atoms with E-state index < -0.39 is 5.41 Å². The second-order valence-electron chi connectivity index (χ2n) is 11.6. The minimum Gasteiger partial charge on any atom is -0.355 e. The number of aromatic nitrogens is 2. The molecule has 0 saturated heterocycles. The number of amides is 1. The SMILES string of the molecule is C=C(Nc1cccc(-c2cn(C)c(=O)c(Nc3ccc(C(=O)NCCC)cc3)n2)c1C)c1ccc(C(=O)C(C)(C)C)cc1. The third kappa shape index (κ3) is 7.27. The van der Waals surface area contributed by atoms with E-state index in [1.54, 1.807) is 37.5 Å². The van der Waals surface area contributed by atoms with Gasteiger partial charge in [-0.05, 0) is 54.8 Å². The number of hydrogen-bond donors (Lipinski definition) is 3. The largest absolute Gasteiger partial charge is 0.355 e. The van der Waals surface area contributed by atoms with Crippen molar-refractivity contribution in [3.05, 3.63) is 112 Å². The van der Waals surface area contributed by atoms with Gasteiger partial charge in [0.15, 0.2) is 11.6 Å². The van der Waals surface area contributed by atoms with Gasteiger partial charge < -0.3 is 20.5 Å². The topological polar surface area (TPSA) is 105 Å². The molecule has 3 N–H and O–H groups in total. The first-order chi connectivity index (χ1) is 20.4. The van der Waals surface area contributed by atoms with Crippen LogP contribution in [0.4, 0.5) is 17.2 Å². The zero-order valence-corrected chi connectivity index (χ0v) is 25.7. The number of rotatable bonds is 10. The molecular formula is C35H39N5O3. The molecule has 8 heteroatoms. The van der Waals surface area contributed by atoms with Crippen LogP contribution in [0, 0.1) is 12.3 Å². The molecule has 8 nitrogen and oxygen atoms in total. The molecule has 0 unspecified atom stereocenters. The molecule has 0 aliphatic rings. The smallest absolute Gasteiger partial charge is 0.293 e. The fraction of sp³-hybridized carbons (Fsp3) is 0.257. The fourth-order valence-electron chi connectivity index (χ4n) is 4.54. The van der Waals surface area contributed by atoms with Gasteiger partial charge in [-0.2, -0.15) is 0 Å². The van der Waals surface area contributed by atoms with E-state index in [9.17, 15) is 14.4 Å². The van der Waals surface area contributed by atoms with Crippen molar-refractivity contribution < 1.29 is 9.59 Å². The van der Waals surface area contributed by atoms with Crippen LogP contribution in [0.25, 0.3) is 17.0 Å². The summed E-state index contributed by atoms with van der Waals surface area (Å²) in [5.41, 5.74) is 5.95. The zero-order chi connectivity index (χ0) is 31.3. The van der Waals surface area contributed by atoms with E-state index in [-0.39, 0.29) is 23.1 Å². The molecule has 1 heterocycles. The van der Waals surface area contributed by atoms with Crippen LogP contribution in [0.1, 0.15) is 66.0 Å². The molecular weight excluding hydrogens is 538 g/mol.